The normalized spacial score (nSPS) is 12.5. The third kappa shape index (κ3) is 10.2. The van der Waals surface area contributed by atoms with Crippen LogP contribution in [0.1, 0.15) is 52.7 Å². The van der Waals surface area contributed by atoms with Crippen molar-refractivity contribution in [1.29, 1.82) is 5.26 Å². The number of thioether (sulfide) groups is 1. The van der Waals surface area contributed by atoms with E-state index in [-0.39, 0.29) is 17.4 Å². The third-order valence-corrected chi connectivity index (χ3v) is 9.91. The number of amides is 4. The first-order chi connectivity index (χ1) is 25.4. The highest BCUT2D eigenvalue weighted by Gasteiger charge is 2.30. The Balaban J connectivity index is 1.25. The van der Waals surface area contributed by atoms with E-state index in [1.54, 1.807) is 77.7 Å². The lowest BCUT2D eigenvalue weighted by molar-refractivity contribution is -0.114. The van der Waals surface area contributed by atoms with Crippen LogP contribution in [0.4, 0.5) is 15.5 Å². The molecule has 1 aliphatic heterocycles. The van der Waals surface area contributed by atoms with Crippen LogP contribution in [-0.2, 0) is 27.3 Å². The number of hydrogen-bond acceptors (Lipinski definition) is 10. The third-order valence-electron chi connectivity index (χ3n) is 7.78. The van der Waals surface area contributed by atoms with Crippen molar-refractivity contribution < 1.29 is 33.4 Å². The molecule has 3 N–H and O–H groups in total. The van der Waals surface area contributed by atoms with Gasteiger partial charge in [-0.1, -0.05) is 30.3 Å². The largest absolute Gasteiger partial charge is 0.493 e. The summed E-state index contributed by atoms with van der Waals surface area (Å²) >= 11 is 2.54. The van der Waals surface area contributed by atoms with Gasteiger partial charge < -0.3 is 35.1 Å². The van der Waals surface area contributed by atoms with Crippen molar-refractivity contribution in [1.82, 2.24) is 10.2 Å². The summed E-state index contributed by atoms with van der Waals surface area (Å²) in [6, 6.07) is 22.8. The molecule has 0 unspecified atom stereocenters. The lowest BCUT2D eigenvalue weighted by Crippen LogP contribution is -2.39. The van der Waals surface area contributed by atoms with Crippen molar-refractivity contribution in [3.8, 4) is 17.6 Å². The zero-order valence-corrected chi connectivity index (χ0v) is 31.5. The molecule has 2 heterocycles. The zero-order chi connectivity index (χ0) is 38.1. The van der Waals surface area contributed by atoms with Gasteiger partial charge in [0.25, 0.3) is 11.8 Å². The van der Waals surface area contributed by atoms with E-state index in [1.807, 2.05) is 20.8 Å². The van der Waals surface area contributed by atoms with E-state index in [2.05, 4.69) is 22.0 Å². The first kappa shape index (κ1) is 38.5. The summed E-state index contributed by atoms with van der Waals surface area (Å²) in [7, 11) is 3.03. The van der Waals surface area contributed by atoms with E-state index in [0.717, 1.165) is 10.4 Å². The number of carbonyl (C=O) groups is 4. The molecule has 0 saturated carbocycles. The quantitative estimate of drug-likeness (QED) is 0.108. The van der Waals surface area contributed by atoms with Crippen LogP contribution >= 0.6 is 23.1 Å². The van der Waals surface area contributed by atoms with Crippen molar-refractivity contribution in [2.24, 2.45) is 0 Å². The smallest absolute Gasteiger partial charge is 0.410 e. The van der Waals surface area contributed by atoms with Crippen LogP contribution in [0.3, 0.4) is 0 Å². The molecular formula is C39H39N5O7S2. The number of anilines is 2. The molecule has 0 aliphatic carbocycles. The van der Waals surface area contributed by atoms with Gasteiger partial charge in [0, 0.05) is 27.6 Å². The highest BCUT2D eigenvalue weighted by Crippen LogP contribution is 2.37. The zero-order valence-electron chi connectivity index (χ0n) is 29.9. The van der Waals surface area contributed by atoms with Gasteiger partial charge in [-0.05, 0) is 86.9 Å². The van der Waals surface area contributed by atoms with Crippen LogP contribution in [0, 0.1) is 11.3 Å². The fourth-order valence-electron chi connectivity index (χ4n) is 5.32. The van der Waals surface area contributed by atoms with E-state index < -0.39 is 23.5 Å². The topological polar surface area (TPSA) is 159 Å². The number of methoxy groups -OCH3 is 2. The van der Waals surface area contributed by atoms with Crippen LogP contribution in [0.5, 0.6) is 11.5 Å². The van der Waals surface area contributed by atoms with Gasteiger partial charge in [0.1, 0.15) is 22.4 Å². The number of nitrogens with one attached hydrogen (secondary N) is 3. The number of carbonyl (C=O) groups excluding carboxylic acids is 4. The van der Waals surface area contributed by atoms with E-state index in [4.69, 9.17) is 14.2 Å². The van der Waals surface area contributed by atoms with Crippen molar-refractivity contribution in [3.05, 3.63) is 106 Å². The van der Waals surface area contributed by atoms with Crippen molar-refractivity contribution in [3.63, 3.8) is 0 Å². The summed E-state index contributed by atoms with van der Waals surface area (Å²) in [5.41, 5.74) is 2.02. The fourth-order valence-corrected chi connectivity index (χ4v) is 7.30. The number of rotatable bonds is 11. The van der Waals surface area contributed by atoms with Gasteiger partial charge in [-0.15, -0.1) is 23.1 Å². The van der Waals surface area contributed by atoms with Crippen LogP contribution in [0.25, 0.3) is 6.08 Å². The first-order valence-electron chi connectivity index (χ1n) is 16.5. The molecule has 3 aromatic carbocycles. The van der Waals surface area contributed by atoms with Gasteiger partial charge in [0.2, 0.25) is 5.91 Å². The SMILES string of the molecule is COc1ccc(/C=C(/NC(=O)c2ccccc2)C(=O)Nc2cccc(SCC(=O)Nc3sc4c(c3C#N)CCN(C(=O)OC(C)(C)C)C4)c2)cc1OC. The molecule has 14 heteroatoms. The summed E-state index contributed by atoms with van der Waals surface area (Å²) in [5, 5.41) is 18.8. The minimum Gasteiger partial charge on any atom is -0.493 e. The maximum Gasteiger partial charge on any atom is 0.410 e. The van der Waals surface area contributed by atoms with E-state index >= 15 is 0 Å². The molecule has 0 radical (unpaired) electrons. The highest BCUT2D eigenvalue weighted by molar-refractivity contribution is 8.00. The van der Waals surface area contributed by atoms with Crippen molar-refractivity contribution >= 4 is 63.7 Å². The lowest BCUT2D eigenvalue weighted by atomic mass is 10.0. The molecule has 274 valence electrons. The average Bonchev–Trinajstić information content (AvgIpc) is 3.49. The lowest BCUT2D eigenvalue weighted by Gasteiger charge is -2.29. The number of benzene rings is 3. The molecule has 0 atom stereocenters. The molecule has 0 spiro atoms. The standard InChI is InChI=1S/C39H39N5O7S2/c1-39(2,3)51-38(48)44-17-16-28-29(21-40)37(53-33(28)22-44)43-34(45)23-52-27-13-9-12-26(20-27)41-36(47)30(42-35(46)25-10-7-6-8-11-25)18-24-14-15-31(49-4)32(19-24)50-5/h6-15,18-20H,16-17,22-23H2,1-5H3,(H,41,47)(H,42,46)(H,43,45)/b30-18+. The van der Waals surface area contributed by atoms with Gasteiger partial charge in [0.05, 0.1) is 32.1 Å². The van der Waals surface area contributed by atoms with Gasteiger partial charge in [0.15, 0.2) is 11.5 Å². The molecule has 12 nitrogen and oxygen atoms in total. The van der Waals surface area contributed by atoms with Crippen molar-refractivity contribution in [2.75, 3.05) is 37.2 Å². The Labute approximate surface area is 316 Å². The number of nitrogens with zero attached hydrogens (tertiary/aromatic N) is 2. The summed E-state index contributed by atoms with van der Waals surface area (Å²) in [6.07, 6.45) is 1.60. The van der Waals surface area contributed by atoms with Crippen LogP contribution < -0.4 is 25.4 Å². The second kappa shape index (κ2) is 17.2. The van der Waals surface area contributed by atoms with Gasteiger partial charge in [-0.3, -0.25) is 14.4 Å². The molecule has 0 fully saturated rings. The Hall–Kier alpha value is -5.78. The van der Waals surface area contributed by atoms with Crippen LogP contribution in [-0.4, -0.2) is 60.8 Å². The minimum atomic E-state index is -0.625. The summed E-state index contributed by atoms with van der Waals surface area (Å²) < 4.78 is 16.2. The second-order valence-electron chi connectivity index (χ2n) is 12.8. The molecular weight excluding hydrogens is 715 g/mol. The monoisotopic (exact) mass is 753 g/mol. The second-order valence-corrected chi connectivity index (χ2v) is 14.9. The predicted molar refractivity (Wildman–Crippen MR) is 205 cm³/mol. The molecule has 5 rings (SSSR count). The Morgan fingerprint density at radius 1 is 0.962 bits per heavy atom. The summed E-state index contributed by atoms with van der Waals surface area (Å²) in [6.45, 7) is 6.14. The number of thiophene rings is 1. The fraction of sp³-hybridized carbons (Fsp3) is 0.256. The maximum atomic E-state index is 13.6. The van der Waals surface area contributed by atoms with E-state index in [9.17, 15) is 24.4 Å². The summed E-state index contributed by atoms with van der Waals surface area (Å²) in [5.74, 6) is -0.344. The molecule has 0 saturated heterocycles. The average molecular weight is 754 g/mol. The van der Waals surface area contributed by atoms with Gasteiger partial charge >= 0.3 is 6.09 Å². The summed E-state index contributed by atoms with van der Waals surface area (Å²) in [4.78, 5) is 55.6. The van der Waals surface area contributed by atoms with Crippen LogP contribution in [0.2, 0.25) is 0 Å². The van der Waals surface area contributed by atoms with E-state index in [0.29, 0.717) is 63.3 Å². The first-order valence-corrected chi connectivity index (χ1v) is 18.3. The molecule has 1 aromatic heterocycles. The minimum absolute atomic E-state index is 0.00957. The Bertz CT molecular complexity index is 2080. The Morgan fingerprint density at radius 2 is 1.72 bits per heavy atom. The molecule has 0 bridgehead atoms. The predicted octanol–water partition coefficient (Wildman–Crippen LogP) is 7.07. The van der Waals surface area contributed by atoms with Crippen LogP contribution in [0.15, 0.2) is 83.4 Å². The maximum absolute atomic E-state index is 13.6. The number of ether oxygens (including phenoxy) is 3. The molecule has 4 aromatic rings. The van der Waals surface area contributed by atoms with Gasteiger partial charge in [-0.2, -0.15) is 5.26 Å². The highest BCUT2D eigenvalue weighted by atomic mass is 32.2. The van der Waals surface area contributed by atoms with Crippen molar-refractivity contribution in [2.45, 2.75) is 44.2 Å². The Kier molecular flexibility index (Phi) is 12.4. The molecule has 4 amide bonds. The Morgan fingerprint density at radius 3 is 2.42 bits per heavy atom. The van der Waals surface area contributed by atoms with Gasteiger partial charge in [-0.25, -0.2) is 4.79 Å². The van der Waals surface area contributed by atoms with E-state index in [1.165, 1.54) is 43.4 Å². The molecule has 53 heavy (non-hydrogen) atoms. The number of hydrogen-bond donors (Lipinski definition) is 3. The number of fused-ring (bicyclic) bond motifs is 1. The number of nitriles is 1. The molecule has 1 aliphatic rings.